The molecule has 3 heterocycles. The van der Waals surface area contributed by atoms with E-state index in [9.17, 15) is 4.79 Å². The van der Waals surface area contributed by atoms with Gasteiger partial charge >= 0.3 is 0 Å². The predicted octanol–water partition coefficient (Wildman–Crippen LogP) is 1.19. The molecule has 1 amide bonds. The SMILES string of the molecule is COCCNC(=O)[C@@H]1C[C@H]2CCN(Cc3csc(C)n3)C[C@H]2O1. The smallest absolute Gasteiger partial charge is 0.249 e. The van der Waals surface area contributed by atoms with Crippen LogP contribution in [0.5, 0.6) is 0 Å². The molecule has 1 aromatic heterocycles. The molecule has 2 fully saturated rings. The van der Waals surface area contributed by atoms with Crippen molar-refractivity contribution in [1.82, 2.24) is 15.2 Å². The van der Waals surface area contributed by atoms with Crippen LogP contribution in [0.2, 0.25) is 0 Å². The van der Waals surface area contributed by atoms with Crippen LogP contribution in [-0.2, 0) is 20.8 Å². The first kappa shape index (κ1) is 16.8. The third-order valence-electron chi connectivity index (χ3n) is 4.59. The van der Waals surface area contributed by atoms with Crippen molar-refractivity contribution in [1.29, 1.82) is 0 Å². The minimum atomic E-state index is -0.302. The second kappa shape index (κ2) is 7.70. The lowest BCUT2D eigenvalue weighted by atomic mass is 9.91. The zero-order valence-corrected chi connectivity index (χ0v) is 14.6. The van der Waals surface area contributed by atoms with Crippen LogP contribution in [0.25, 0.3) is 0 Å². The Kier molecular flexibility index (Phi) is 5.63. The fourth-order valence-electron chi connectivity index (χ4n) is 3.41. The van der Waals surface area contributed by atoms with E-state index in [2.05, 4.69) is 20.6 Å². The molecule has 0 aliphatic carbocycles. The lowest BCUT2D eigenvalue weighted by molar-refractivity contribution is -0.133. The number of aryl methyl sites for hydroxylation is 1. The van der Waals surface area contributed by atoms with Crippen molar-refractivity contribution in [3.8, 4) is 0 Å². The van der Waals surface area contributed by atoms with E-state index in [1.54, 1.807) is 18.4 Å². The van der Waals surface area contributed by atoms with Crippen molar-refractivity contribution in [2.24, 2.45) is 5.92 Å². The summed E-state index contributed by atoms with van der Waals surface area (Å²) in [5.41, 5.74) is 1.14. The first-order valence-electron chi connectivity index (χ1n) is 8.21. The van der Waals surface area contributed by atoms with Gasteiger partial charge in [-0.15, -0.1) is 11.3 Å². The number of carbonyl (C=O) groups excluding carboxylic acids is 1. The van der Waals surface area contributed by atoms with E-state index < -0.39 is 0 Å². The van der Waals surface area contributed by atoms with Gasteiger partial charge in [0, 0.05) is 32.1 Å². The number of likely N-dealkylation sites (tertiary alicyclic amines) is 1. The second-order valence-electron chi connectivity index (χ2n) is 6.32. The van der Waals surface area contributed by atoms with E-state index >= 15 is 0 Å². The van der Waals surface area contributed by atoms with Gasteiger partial charge in [0.2, 0.25) is 5.91 Å². The highest BCUT2D eigenvalue weighted by molar-refractivity contribution is 7.09. The molecule has 3 atom stereocenters. The van der Waals surface area contributed by atoms with Crippen LogP contribution < -0.4 is 5.32 Å². The third-order valence-corrected chi connectivity index (χ3v) is 5.41. The molecule has 2 saturated heterocycles. The van der Waals surface area contributed by atoms with Crippen LogP contribution in [-0.4, -0.2) is 61.3 Å². The van der Waals surface area contributed by atoms with Crippen LogP contribution in [0.4, 0.5) is 0 Å². The Morgan fingerprint density at radius 1 is 1.61 bits per heavy atom. The molecule has 0 spiro atoms. The Bertz CT molecular complexity index is 536. The Balaban J connectivity index is 1.48. The topological polar surface area (TPSA) is 63.7 Å². The van der Waals surface area contributed by atoms with Gasteiger partial charge in [0.05, 0.1) is 23.4 Å². The van der Waals surface area contributed by atoms with Gasteiger partial charge in [-0.2, -0.15) is 0 Å². The van der Waals surface area contributed by atoms with E-state index in [-0.39, 0.29) is 18.1 Å². The molecule has 1 N–H and O–H groups in total. The summed E-state index contributed by atoms with van der Waals surface area (Å²) in [5.74, 6) is 0.500. The monoisotopic (exact) mass is 339 g/mol. The maximum absolute atomic E-state index is 12.1. The number of methoxy groups -OCH3 is 1. The fraction of sp³-hybridized carbons (Fsp3) is 0.750. The van der Waals surface area contributed by atoms with Gasteiger partial charge in [-0.25, -0.2) is 4.98 Å². The lowest BCUT2D eigenvalue weighted by Crippen LogP contribution is -2.42. The molecular formula is C16H25N3O3S. The number of ether oxygens (including phenoxy) is 2. The van der Waals surface area contributed by atoms with E-state index in [1.807, 2.05) is 6.92 Å². The number of carbonyl (C=O) groups is 1. The maximum Gasteiger partial charge on any atom is 0.249 e. The molecule has 1 aromatic rings. The molecule has 23 heavy (non-hydrogen) atoms. The van der Waals surface area contributed by atoms with Gasteiger partial charge in [-0.05, 0) is 32.2 Å². The summed E-state index contributed by atoms with van der Waals surface area (Å²) in [6.07, 6.45) is 1.80. The van der Waals surface area contributed by atoms with Crippen molar-refractivity contribution in [2.45, 2.75) is 38.5 Å². The molecule has 6 nitrogen and oxygen atoms in total. The standard InChI is InChI=1S/C16H25N3O3S/c1-11-18-13(10-23-11)8-19-5-3-12-7-14(22-15(12)9-19)16(20)17-4-6-21-2/h10,12,14-15H,3-9H2,1-2H3,(H,17,20)/t12-,14+,15-/m1/s1. The van der Waals surface area contributed by atoms with Crippen LogP contribution in [0, 0.1) is 12.8 Å². The summed E-state index contributed by atoms with van der Waals surface area (Å²) < 4.78 is 11.0. The van der Waals surface area contributed by atoms with E-state index in [1.165, 1.54) is 0 Å². The number of hydrogen-bond donors (Lipinski definition) is 1. The lowest BCUT2D eigenvalue weighted by Gasteiger charge is -2.33. The average molecular weight is 339 g/mol. The van der Waals surface area contributed by atoms with Crippen molar-refractivity contribution >= 4 is 17.2 Å². The van der Waals surface area contributed by atoms with Gasteiger partial charge in [0.15, 0.2) is 0 Å². The number of fused-ring (bicyclic) bond motifs is 1. The van der Waals surface area contributed by atoms with Crippen molar-refractivity contribution in [3.63, 3.8) is 0 Å². The highest BCUT2D eigenvalue weighted by Crippen LogP contribution is 2.33. The van der Waals surface area contributed by atoms with Crippen molar-refractivity contribution < 1.29 is 14.3 Å². The van der Waals surface area contributed by atoms with Crippen LogP contribution in [0.15, 0.2) is 5.38 Å². The number of hydrogen-bond acceptors (Lipinski definition) is 6. The molecular weight excluding hydrogens is 314 g/mol. The van der Waals surface area contributed by atoms with E-state index in [0.29, 0.717) is 19.1 Å². The predicted molar refractivity (Wildman–Crippen MR) is 88.4 cm³/mol. The summed E-state index contributed by atoms with van der Waals surface area (Å²) in [6, 6.07) is 0. The molecule has 0 bridgehead atoms. The number of piperidine rings is 1. The molecule has 0 saturated carbocycles. The Morgan fingerprint density at radius 3 is 3.22 bits per heavy atom. The number of nitrogens with zero attached hydrogens (tertiary/aromatic N) is 2. The first-order valence-corrected chi connectivity index (χ1v) is 9.09. The minimum absolute atomic E-state index is 0.00174. The normalized spacial score (nSPS) is 27.8. The van der Waals surface area contributed by atoms with Crippen LogP contribution in [0.1, 0.15) is 23.5 Å². The third kappa shape index (κ3) is 4.29. The molecule has 0 aromatic carbocycles. The quantitative estimate of drug-likeness (QED) is 0.789. The first-order chi connectivity index (χ1) is 11.2. The van der Waals surface area contributed by atoms with Crippen LogP contribution in [0.3, 0.4) is 0 Å². The fourth-order valence-corrected chi connectivity index (χ4v) is 4.01. The summed E-state index contributed by atoms with van der Waals surface area (Å²) in [6.45, 7) is 5.93. The van der Waals surface area contributed by atoms with Gasteiger partial charge in [0.1, 0.15) is 6.10 Å². The molecule has 7 heteroatoms. The highest BCUT2D eigenvalue weighted by Gasteiger charge is 2.41. The Morgan fingerprint density at radius 2 is 2.48 bits per heavy atom. The summed E-state index contributed by atoms with van der Waals surface area (Å²) in [5, 5.41) is 6.12. The average Bonchev–Trinajstić information content (AvgIpc) is 3.13. The molecule has 0 radical (unpaired) electrons. The molecule has 3 rings (SSSR count). The second-order valence-corrected chi connectivity index (χ2v) is 7.39. The number of aromatic nitrogens is 1. The van der Waals surface area contributed by atoms with Gasteiger partial charge in [-0.3, -0.25) is 9.69 Å². The Hall–Kier alpha value is -1.02. The molecule has 0 unspecified atom stereocenters. The van der Waals surface area contributed by atoms with Crippen molar-refractivity contribution in [2.75, 3.05) is 33.4 Å². The minimum Gasteiger partial charge on any atom is -0.383 e. The number of thiazole rings is 1. The number of amides is 1. The maximum atomic E-state index is 12.1. The number of rotatable bonds is 6. The van der Waals surface area contributed by atoms with Gasteiger partial charge < -0.3 is 14.8 Å². The largest absolute Gasteiger partial charge is 0.383 e. The van der Waals surface area contributed by atoms with Gasteiger partial charge in [0.25, 0.3) is 0 Å². The Labute approximate surface area is 141 Å². The van der Waals surface area contributed by atoms with Crippen LogP contribution >= 0.6 is 11.3 Å². The van der Waals surface area contributed by atoms with E-state index in [4.69, 9.17) is 9.47 Å². The summed E-state index contributed by atoms with van der Waals surface area (Å²) >= 11 is 1.69. The number of nitrogens with one attached hydrogen (secondary N) is 1. The summed E-state index contributed by atoms with van der Waals surface area (Å²) in [4.78, 5) is 19.1. The highest BCUT2D eigenvalue weighted by atomic mass is 32.1. The van der Waals surface area contributed by atoms with Crippen molar-refractivity contribution in [3.05, 3.63) is 16.1 Å². The molecule has 128 valence electrons. The zero-order valence-electron chi connectivity index (χ0n) is 13.8. The molecule has 2 aliphatic heterocycles. The van der Waals surface area contributed by atoms with E-state index in [0.717, 1.165) is 43.2 Å². The van der Waals surface area contributed by atoms with Gasteiger partial charge in [-0.1, -0.05) is 0 Å². The molecule has 2 aliphatic rings. The summed E-state index contributed by atoms with van der Waals surface area (Å²) in [7, 11) is 1.63. The zero-order chi connectivity index (χ0) is 16.2.